The molecule has 4 nitrogen and oxygen atoms in total. The highest BCUT2D eigenvalue weighted by atomic mass is 16.5. The van der Waals surface area contributed by atoms with Crippen LogP contribution in [0.2, 0.25) is 0 Å². The van der Waals surface area contributed by atoms with Crippen molar-refractivity contribution in [1.29, 1.82) is 0 Å². The summed E-state index contributed by atoms with van der Waals surface area (Å²) in [6, 6.07) is 23.4. The van der Waals surface area contributed by atoms with Gasteiger partial charge in [0.2, 0.25) is 5.88 Å². The number of piperidine rings is 1. The first kappa shape index (κ1) is 20.7. The third kappa shape index (κ3) is 4.23. The number of fused-ring (bicyclic) bond motifs is 1. The van der Waals surface area contributed by atoms with Crippen LogP contribution in [-0.4, -0.2) is 35.1 Å². The van der Waals surface area contributed by atoms with Crippen molar-refractivity contribution in [2.45, 2.75) is 26.3 Å². The average molecular weight is 424 g/mol. The number of pyridine rings is 2. The number of benzene rings is 2. The molecule has 0 saturated carbocycles. The average Bonchev–Trinajstić information content (AvgIpc) is 2.85. The van der Waals surface area contributed by atoms with E-state index < -0.39 is 0 Å². The molecule has 0 unspecified atom stereocenters. The van der Waals surface area contributed by atoms with Crippen molar-refractivity contribution in [3.05, 3.63) is 78.5 Å². The van der Waals surface area contributed by atoms with Gasteiger partial charge in [-0.25, -0.2) is 9.97 Å². The molecule has 0 bridgehead atoms. The zero-order valence-corrected chi connectivity index (χ0v) is 18.8. The van der Waals surface area contributed by atoms with Gasteiger partial charge in [-0.2, -0.15) is 0 Å². The molecule has 2 aromatic heterocycles. The van der Waals surface area contributed by atoms with Crippen LogP contribution in [0.15, 0.2) is 72.9 Å². The first-order valence-corrected chi connectivity index (χ1v) is 11.4. The van der Waals surface area contributed by atoms with E-state index in [1.165, 1.54) is 31.5 Å². The van der Waals surface area contributed by atoms with Crippen molar-refractivity contribution in [3.8, 4) is 28.3 Å². The van der Waals surface area contributed by atoms with Crippen molar-refractivity contribution in [1.82, 2.24) is 14.9 Å². The van der Waals surface area contributed by atoms with Gasteiger partial charge in [-0.05, 0) is 55.1 Å². The predicted octanol–water partition coefficient (Wildman–Crippen LogP) is 6.20. The highest BCUT2D eigenvalue weighted by molar-refractivity contribution is 5.93. The summed E-state index contributed by atoms with van der Waals surface area (Å²) in [5, 5.41) is 0.925. The van der Waals surface area contributed by atoms with E-state index in [0.29, 0.717) is 5.88 Å². The third-order valence-corrected chi connectivity index (χ3v) is 6.49. The fourth-order valence-corrected chi connectivity index (χ4v) is 4.54. The lowest BCUT2D eigenvalue weighted by Gasteiger charge is -2.30. The minimum Gasteiger partial charge on any atom is -0.481 e. The van der Waals surface area contributed by atoms with Crippen molar-refractivity contribution in [3.63, 3.8) is 0 Å². The van der Waals surface area contributed by atoms with Crippen LogP contribution < -0.4 is 4.74 Å². The molecule has 1 saturated heterocycles. The predicted molar refractivity (Wildman–Crippen MR) is 131 cm³/mol. The largest absolute Gasteiger partial charge is 0.481 e. The molecular formula is C28H29N3O. The van der Waals surface area contributed by atoms with Crippen molar-refractivity contribution in [2.24, 2.45) is 5.92 Å². The minimum absolute atomic E-state index is 0.602. The van der Waals surface area contributed by atoms with E-state index in [1.54, 1.807) is 13.3 Å². The molecule has 0 spiro atoms. The Morgan fingerprint density at radius 2 is 1.69 bits per heavy atom. The molecular weight excluding hydrogens is 394 g/mol. The summed E-state index contributed by atoms with van der Waals surface area (Å²) >= 11 is 0. The lowest BCUT2D eigenvalue weighted by atomic mass is 9.96. The summed E-state index contributed by atoms with van der Waals surface area (Å²) in [7, 11) is 1.65. The fraction of sp³-hybridized carbons (Fsp3) is 0.286. The van der Waals surface area contributed by atoms with E-state index in [9.17, 15) is 0 Å². The fourth-order valence-electron chi connectivity index (χ4n) is 4.54. The smallest absolute Gasteiger partial charge is 0.222 e. The van der Waals surface area contributed by atoms with Crippen LogP contribution in [-0.2, 0) is 6.54 Å². The van der Waals surface area contributed by atoms with Crippen LogP contribution >= 0.6 is 0 Å². The Hall–Kier alpha value is -3.24. The molecule has 0 radical (unpaired) electrons. The molecule has 5 rings (SSSR count). The maximum Gasteiger partial charge on any atom is 0.222 e. The van der Waals surface area contributed by atoms with Crippen LogP contribution in [0.5, 0.6) is 5.88 Å². The summed E-state index contributed by atoms with van der Waals surface area (Å²) in [6.07, 6.45) is 4.36. The number of hydrogen-bond acceptors (Lipinski definition) is 4. The summed E-state index contributed by atoms with van der Waals surface area (Å²) < 4.78 is 5.50. The normalized spacial score (nSPS) is 15.2. The quantitative estimate of drug-likeness (QED) is 0.383. The topological polar surface area (TPSA) is 38.3 Å². The Labute approximate surface area is 189 Å². The van der Waals surface area contributed by atoms with Crippen LogP contribution in [0, 0.1) is 5.92 Å². The molecule has 0 aliphatic carbocycles. The Balaban J connectivity index is 1.52. The zero-order chi connectivity index (χ0) is 21.9. The van der Waals surface area contributed by atoms with Crippen LogP contribution in [0.3, 0.4) is 0 Å². The molecule has 0 N–H and O–H groups in total. The van der Waals surface area contributed by atoms with Gasteiger partial charge in [-0.1, -0.05) is 61.5 Å². The molecule has 32 heavy (non-hydrogen) atoms. The third-order valence-electron chi connectivity index (χ3n) is 6.49. The molecule has 1 aliphatic heterocycles. The first-order valence-electron chi connectivity index (χ1n) is 11.4. The van der Waals surface area contributed by atoms with Crippen molar-refractivity contribution in [2.75, 3.05) is 20.2 Å². The van der Waals surface area contributed by atoms with Crippen molar-refractivity contribution < 1.29 is 4.74 Å². The number of methoxy groups -OCH3 is 1. The van der Waals surface area contributed by atoms with Gasteiger partial charge in [-0.3, -0.25) is 4.90 Å². The Bertz CT molecular complexity index is 1200. The molecule has 0 atom stereocenters. The van der Waals surface area contributed by atoms with E-state index >= 15 is 0 Å². The van der Waals surface area contributed by atoms with Gasteiger partial charge < -0.3 is 4.74 Å². The summed E-state index contributed by atoms with van der Waals surface area (Å²) in [4.78, 5) is 12.0. The Morgan fingerprint density at radius 3 is 2.41 bits per heavy atom. The van der Waals surface area contributed by atoms with Gasteiger partial charge >= 0.3 is 0 Å². The van der Waals surface area contributed by atoms with Gasteiger partial charge in [0, 0.05) is 23.9 Å². The van der Waals surface area contributed by atoms with Crippen LogP contribution in [0.4, 0.5) is 0 Å². The second kappa shape index (κ2) is 9.09. The van der Waals surface area contributed by atoms with Crippen LogP contribution in [0.25, 0.3) is 33.3 Å². The number of likely N-dealkylation sites (tertiary alicyclic amines) is 1. The number of aromatic nitrogens is 2. The second-order valence-electron chi connectivity index (χ2n) is 8.79. The number of ether oxygens (including phenoxy) is 1. The molecule has 4 aromatic rings. The lowest BCUT2D eigenvalue weighted by molar-refractivity contribution is 0.185. The minimum atomic E-state index is 0.602. The Morgan fingerprint density at radius 1 is 0.938 bits per heavy atom. The van der Waals surface area contributed by atoms with E-state index in [-0.39, 0.29) is 0 Å². The maximum atomic E-state index is 5.50. The van der Waals surface area contributed by atoms with Crippen molar-refractivity contribution >= 4 is 10.9 Å². The molecule has 2 aromatic carbocycles. The maximum absolute atomic E-state index is 5.50. The summed E-state index contributed by atoms with van der Waals surface area (Å²) in [5.74, 6) is 1.46. The molecule has 1 aliphatic rings. The first-order chi connectivity index (χ1) is 15.7. The molecule has 1 fully saturated rings. The highest BCUT2D eigenvalue weighted by Crippen LogP contribution is 2.35. The second-order valence-corrected chi connectivity index (χ2v) is 8.79. The molecule has 0 amide bonds. The van der Waals surface area contributed by atoms with E-state index in [0.717, 1.165) is 45.7 Å². The number of rotatable bonds is 5. The summed E-state index contributed by atoms with van der Waals surface area (Å²) in [6.45, 7) is 5.78. The highest BCUT2D eigenvalue weighted by Gasteiger charge is 2.17. The van der Waals surface area contributed by atoms with E-state index in [1.807, 2.05) is 12.1 Å². The molecule has 4 heteroatoms. The van der Waals surface area contributed by atoms with Gasteiger partial charge in [0.25, 0.3) is 0 Å². The SMILES string of the molecule is COc1nccc2nc(-c3ccc(CN4CCC(C)CC4)cc3)c(-c3ccccc3)cc12. The van der Waals surface area contributed by atoms with E-state index in [4.69, 9.17) is 9.72 Å². The van der Waals surface area contributed by atoms with Gasteiger partial charge in [0.05, 0.1) is 23.7 Å². The summed E-state index contributed by atoms with van der Waals surface area (Å²) in [5.41, 5.74) is 6.57. The monoisotopic (exact) mass is 423 g/mol. The van der Waals surface area contributed by atoms with Gasteiger partial charge in [0.15, 0.2) is 0 Å². The standard InChI is InChI=1S/C28H29N3O/c1-20-13-16-31(17-14-20)19-21-8-10-23(11-9-21)27-24(22-6-4-3-5-7-22)18-25-26(30-27)12-15-29-28(25)32-2/h3-12,15,18,20H,13-14,16-17,19H2,1-2H3. The Kier molecular flexibility index (Phi) is 5.87. The van der Waals surface area contributed by atoms with Gasteiger partial charge in [-0.15, -0.1) is 0 Å². The van der Waals surface area contributed by atoms with E-state index in [2.05, 4.69) is 71.4 Å². The zero-order valence-electron chi connectivity index (χ0n) is 18.8. The molecule has 162 valence electrons. The lowest BCUT2D eigenvalue weighted by Crippen LogP contribution is -2.32. The van der Waals surface area contributed by atoms with Gasteiger partial charge in [0.1, 0.15) is 0 Å². The number of nitrogens with zero attached hydrogens (tertiary/aromatic N) is 3. The molecule has 3 heterocycles. The number of hydrogen-bond donors (Lipinski definition) is 0. The van der Waals surface area contributed by atoms with Crippen LogP contribution in [0.1, 0.15) is 25.3 Å².